The van der Waals surface area contributed by atoms with Gasteiger partial charge >= 0.3 is 0 Å². The average molecular weight is 257 g/mol. The molecule has 0 radical (unpaired) electrons. The third-order valence-electron chi connectivity index (χ3n) is 4.13. The second-order valence-corrected chi connectivity index (χ2v) is 5.96. The van der Waals surface area contributed by atoms with Crippen LogP contribution < -0.4 is 5.73 Å². The number of hydrogen-bond acceptors (Lipinski definition) is 4. The second-order valence-electron chi connectivity index (χ2n) is 5.96. The molecule has 0 aromatic carbocycles. The van der Waals surface area contributed by atoms with E-state index in [1.54, 1.807) is 0 Å². The first-order valence-electron chi connectivity index (χ1n) is 7.18. The number of hydrogen-bond donors (Lipinski definition) is 1. The molecule has 0 bridgehead atoms. The summed E-state index contributed by atoms with van der Waals surface area (Å²) in [5, 5.41) is 0. The van der Waals surface area contributed by atoms with Gasteiger partial charge in [0.25, 0.3) is 0 Å². The van der Waals surface area contributed by atoms with Crippen LogP contribution in [0.3, 0.4) is 0 Å². The molecule has 1 rings (SSSR count). The lowest BCUT2D eigenvalue weighted by molar-refractivity contribution is -0.0757. The lowest BCUT2D eigenvalue weighted by Gasteiger charge is -2.50. The Balaban J connectivity index is 2.81. The summed E-state index contributed by atoms with van der Waals surface area (Å²) in [6, 6.07) is 0.527. The van der Waals surface area contributed by atoms with E-state index in [1.807, 2.05) is 0 Å². The first-order chi connectivity index (χ1) is 8.45. The fraction of sp³-hybridized carbons (Fsp3) is 1.00. The van der Waals surface area contributed by atoms with Crippen molar-refractivity contribution >= 4 is 0 Å². The normalized spacial score (nSPS) is 31.0. The van der Waals surface area contributed by atoms with Gasteiger partial charge in [-0.1, -0.05) is 6.92 Å². The van der Waals surface area contributed by atoms with Gasteiger partial charge in [0.2, 0.25) is 0 Å². The van der Waals surface area contributed by atoms with Crippen LogP contribution in [0.25, 0.3) is 0 Å². The zero-order chi connectivity index (χ0) is 13.8. The minimum absolute atomic E-state index is 0.127. The van der Waals surface area contributed by atoms with E-state index in [1.165, 1.54) is 0 Å². The Morgan fingerprint density at radius 3 is 2.56 bits per heavy atom. The van der Waals surface area contributed by atoms with Gasteiger partial charge in [-0.25, -0.2) is 0 Å². The molecule has 0 saturated carbocycles. The predicted octanol–water partition coefficient (Wildman–Crippen LogP) is 1.15. The Bertz CT molecular complexity index is 247. The van der Waals surface area contributed by atoms with Crippen molar-refractivity contribution in [2.45, 2.75) is 51.3 Å². The summed E-state index contributed by atoms with van der Waals surface area (Å²) in [6.45, 7) is 10.4. The minimum atomic E-state index is 0.127. The van der Waals surface area contributed by atoms with Gasteiger partial charge < -0.3 is 15.4 Å². The van der Waals surface area contributed by atoms with Gasteiger partial charge in [0.15, 0.2) is 0 Å². The molecule has 3 unspecified atom stereocenters. The number of nitrogens with two attached hydrogens (primary N) is 1. The van der Waals surface area contributed by atoms with Crippen LogP contribution in [0.4, 0.5) is 0 Å². The quantitative estimate of drug-likeness (QED) is 0.775. The Hall–Kier alpha value is -0.160. The van der Waals surface area contributed by atoms with E-state index < -0.39 is 0 Å². The predicted molar refractivity (Wildman–Crippen MR) is 76.8 cm³/mol. The second kappa shape index (κ2) is 6.85. The molecule has 1 saturated heterocycles. The molecule has 3 atom stereocenters. The van der Waals surface area contributed by atoms with Crippen molar-refractivity contribution in [2.75, 3.05) is 40.3 Å². The van der Waals surface area contributed by atoms with Gasteiger partial charge in [-0.3, -0.25) is 4.90 Å². The minimum Gasteiger partial charge on any atom is -0.378 e. The van der Waals surface area contributed by atoms with E-state index in [0.717, 1.165) is 39.1 Å². The summed E-state index contributed by atoms with van der Waals surface area (Å²) in [6.07, 6.45) is 2.43. The van der Waals surface area contributed by atoms with Crippen LogP contribution in [-0.2, 0) is 4.74 Å². The molecule has 0 spiro atoms. The van der Waals surface area contributed by atoms with Crippen molar-refractivity contribution in [3.05, 3.63) is 0 Å². The molecular formula is C14H31N3O. The highest BCUT2D eigenvalue weighted by Crippen LogP contribution is 2.31. The molecule has 4 heteroatoms. The summed E-state index contributed by atoms with van der Waals surface area (Å²) >= 11 is 0. The maximum absolute atomic E-state index is 6.13. The highest BCUT2D eigenvalue weighted by Gasteiger charge is 2.40. The molecule has 0 aromatic heterocycles. The van der Waals surface area contributed by atoms with E-state index in [2.05, 4.69) is 44.7 Å². The summed E-state index contributed by atoms with van der Waals surface area (Å²) in [4.78, 5) is 4.84. The molecule has 1 fully saturated rings. The molecule has 1 aliphatic heterocycles. The molecule has 1 heterocycles. The van der Waals surface area contributed by atoms with Crippen molar-refractivity contribution in [3.8, 4) is 0 Å². The van der Waals surface area contributed by atoms with Gasteiger partial charge in [0, 0.05) is 31.3 Å². The Kier molecular flexibility index (Phi) is 6.05. The number of likely N-dealkylation sites (N-methyl/N-ethyl adjacent to an activating group) is 2. The smallest absolute Gasteiger partial charge is 0.0565 e. The molecule has 18 heavy (non-hydrogen) atoms. The summed E-state index contributed by atoms with van der Waals surface area (Å²) in [7, 11) is 4.26. The lowest BCUT2D eigenvalue weighted by atomic mass is 9.84. The van der Waals surface area contributed by atoms with Crippen LogP contribution in [0.15, 0.2) is 0 Å². The lowest BCUT2D eigenvalue weighted by Crippen LogP contribution is -2.62. The fourth-order valence-corrected chi connectivity index (χ4v) is 3.45. The summed E-state index contributed by atoms with van der Waals surface area (Å²) in [5.74, 6) is 0. The van der Waals surface area contributed by atoms with Crippen LogP contribution in [-0.4, -0.2) is 67.8 Å². The Labute approximate surface area is 112 Å². The number of ether oxygens (including phenoxy) is 1. The van der Waals surface area contributed by atoms with Gasteiger partial charge in [0.05, 0.1) is 6.10 Å². The maximum atomic E-state index is 6.13. The maximum Gasteiger partial charge on any atom is 0.0565 e. The van der Waals surface area contributed by atoms with Crippen LogP contribution in [0.5, 0.6) is 0 Å². The summed E-state index contributed by atoms with van der Waals surface area (Å²) in [5.41, 5.74) is 6.26. The van der Waals surface area contributed by atoms with Gasteiger partial charge in [-0.15, -0.1) is 0 Å². The molecule has 0 aromatic rings. The van der Waals surface area contributed by atoms with Crippen LogP contribution in [0, 0.1) is 0 Å². The molecule has 4 nitrogen and oxygen atoms in total. The molecular weight excluding hydrogens is 226 g/mol. The summed E-state index contributed by atoms with van der Waals surface area (Å²) < 4.78 is 5.70. The van der Waals surface area contributed by atoms with Crippen LogP contribution in [0.2, 0.25) is 0 Å². The van der Waals surface area contributed by atoms with Crippen molar-refractivity contribution in [1.82, 2.24) is 9.80 Å². The van der Waals surface area contributed by atoms with Crippen molar-refractivity contribution < 1.29 is 4.74 Å². The van der Waals surface area contributed by atoms with Crippen LogP contribution in [0.1, 0.15) is 33.6 Å². The largest absolute Gasteiger partial charge is 0.378 e. The molecule has 108 valence electrons. The topological polar surface area (TPSA) is 41.7 Å². The first kappa shape index (κ1) is 15.9. The van der Waals surface area contributed by atoms with E-state index in [4.69, 9.17) is 10.5 Å². The molecule has 0 amide bonds. The number of rotatable bonds is 6. The van der Waals surface area contributed by atoms with E-state index in [9.17, 15) is 0 Å². The average Bonchev–Trinajstić information content (AvgIpc) is 2.28. The molecule has 1 aliphatic rings. The van der Waals surface area contributed by atoms with Gasteiger partial charge in [-0.2, -0.15) is 0 Å². The number of nitrogens with zero attached hydrogens (tertiary/aromatic N) is 2. The van der Waals surface area contributed by atoms with Crippen molar-refractivity contribution in [1.29, 1.82) is 0 Å². The van der Waals surface area contributed by atoms with Gasteiger partial charge in [-0.05, 0) is 47.3 Å². The third-order valence-corrected chi connectivity index (χ3v) is 4.13. The SMILES string of the molecule is CCN(C(C)CN(C)C)C1(CN)CCOC(C)C1. The standard InChI is InChI=1S/C14H31N3O/c1-6-17(12(2)10-16(4)5)14(11-15)7-8-18-13(3)9-14/h12-13H,6-11,15H2,1-5H3. The van der Waals surface area contributed by atoms with E-state index in [-0.39, 0.29) is 5.54 Å². The fourth-order valence-electron chi connectivity index (χ4n) is 3.45. The van der Waals surface area contributed by atoms with Crippen LogP contribution >= 0.6 is 0 Å². The zero-order valence-electron chi connectivity index (χ0n) is 12.8. The van der Waals surface area contributed by atoms with E-state index >= 15 is 0 Å². The highest BCUT2D eigenvalue weighted by atomic mass is 16.5. The highest BCUT2D eigenvalue weighted by molar-refractivity contribution is 4.97. The first-order valence-corrected chi connectivity index (χ1v) is 7.18. The zero-order valence-corrected chi connectivity index (χ0v) is 12.8. The van der Waals surface area contributed by atoms with Crippen molar-refractivity contribution in [3.63, 3.8) is 0 Å². The van der Waals surface area contributed by atoms with E-state index in [0.29, 0.717) is 12.1 Å². The molecule has 2 N–H and O–H groups in total. The molecule has 0 aliphatic carbocycles. The Morgan fingerprint density at radius 1 is 1.44 bits per heavy atom. The Morgan fingerprint density at radius 2 is 2.11 bits per heavy atom. The third kappa shape index (κ3) is 3.67. The van der Waals surface area contributed by atoms with Crippen molar-refractivity contribution in [2.24, 2.45) is 5.73 Å². The van der Waals surface area contributed by atoms with Gasteiger partial charge in [0.1, 0.15) is 0 Å². The monoisotopic (exact) mass is 257 g/mol.